The molecule has 0 bridgehead atoms. The standard InChI is InChI=1S/C14H11F4N3O2/c1-7-5-10(14(16,17)18)21-11(20-7)6-19-13(23)12-8(15)3-2-4-9(12)22/h2-5,22H,6H2,1H3,(H,19,23). The molecule has 2 N–H and O–H groups in total. The number of phenolic OH excluding ortho intramolecular Hbond substituents is 1. The van der Waals surface area contributed by atoms with Crippen LogP contribution in [0.4, 0.5) is 17.6 Å². The molecule has 0 atom stereocenters. The largest absolute Gasteiger partial charge is 0.507 e. The summed E-state index contributed by atoms with van der Waals surface area (Å²) >= 11 is 0. The Bertz CT molecular complexity index is 727. The van der Waals surface area contributed by atoms with Gasteiger partial charge < -0.3 is 10.4 Å². The molecule has 0 spiro atoms. The lowest BCUT2D eigenvalue weighted by Gasteiger charge is -2.10. The topological polar surface area (TPSA) is 75.1 Å². The SMILES string of the molecule is Cc1cc(C(F)(F)F)nc(CNC(=O)c2c(O)cccc2F)n1. The molecule has 0 saturated heterocycles. The molecule has 23 heavy (non-hydrogen) atoms. The van der Waals surface area contributed by atoms with Crippen molar-refractivity contribution >= 4 is 5.91 Å². The smallest absolute Gasteiger partial charge is 0.433 e. The van der Waals surface area contributed by atoms with Crippen molar-refractivity contribution in [3.05, 3.63) is 52.9 Å². The second-order valence-electron chi connectivity index (χ2n) is 4.63. The molecule has 1 aromatic heterocycles. The normalized spacial score (nSPS) is 11.3. The number of phenols is 1. The number of carbonyl (C=O) groups excluding carboxylic acids is 1. The molecule has 0 saturated carbocycles. The zero-order chi connectivity index (χ0) is 17.2. The molecule has 0 aliphatic carbocycles. The van der Waals surface area contributed by atoms with Gasteiger partial charge in [0.25, 0.3) is 5.91 Å². The van der Waals surface area contributed by atoms with Crippen LogP contribution in [0, 0.1) is 12.7 Å². The van der Waals surface area contributed by atoms with Crippen molar-refractivity contribution in [3.63, 3.8) is 0 Å². The van der Waals surface area contributed by atoms with Gasteiger partial charge in [0.2, 0.25) is 0 Å². The van der Waals surface area contributed by atoms with Crippen molar-refractivity contribution in [2.75, 3.05) is 0 Å². The van der Waals surface area contributed by atoms with Crippen molar-refractivity contribution in [3.8, 4) is 5.75 Å². The number of alkyl halides is 3. The molecule has 1 heterocycles. The quantitative estimate of drug-likeness (QED) is 0.849. The van der Waals surface area contributed by atoms with Gasteiger partial charge in [0.05, 0.1) is 6.54 Å². The third-order valence-electron chi connectivity index (χ3n) is 2.82. The Morgan fingerprint density at radius 3 is 2.61 bits per heavy atom. The maximum Gasteiger partial charge on any atom is 0.433 e. The molecule has 0 aliphatic heterocycles. The van der Waals surface area contributed by atoms with E-state index in [9.17, 15) is 27.5 Å². The van der Waals surface area contributed by atoms with Gasteiger partial charge in [0, 0.05) is 5.69 Å². The Morgan fingerprint density at radius 1 is 1.30 bits per heavy atom. The van der Waals surface area contributed by atoms with Crippen molar-refractivity contribution in [2.24, 2.45) is 0 Å². The molecular formula is C14H11F4N3O2. The lowest BCUT2D eigenvalue weighted by Crippen LogP contribution is -2.26. The van der Waals surface area contributed by atoms with E-state index in [1.807, 2.05) is 0 Å². The lowest BCUT2D eigenvalue weighted by atomic mass is 10.1. The summed E-state index contributed by atoms with van der Waals surface area (Å²) in [6.07, 6.45) is -4.64. The molecule has 1 aromatic carbocycles. The summed E-state index contributed by atoms with van der Waals surface area (Å²) in [5.41, 5.74) is -1.66. The van der Waals surface area contributed by atoms with Crippen LogP contribution in [0.5, 0.6) is 5.75 Å². The number of aromatic nitrogens is 2. The van der Waals surface area contributed by atoms with Gasteiger partial charge in [-0.2, -0.15) is 13.2 Å². The van der Waals surface area contributed by atoms with Gasteiger partial charge in [-0.25, -0.2) is 14.4 Å². The van der Waals surface area contributed by atoms with Crippen LogP contribution < -0.4 is 5.32 Å². The van der Waals surface area contributed by atoms with Crippen LogP contribution in [0.3, 0.4) is 0 Å². The number of halogens is 4. The number of rotatable bonds is 3. The van der Waals surface area contributed by atoms with Crippen LogP contribution in [-0.4, -0.2) is 21.0 Å². The second-order valence-corrected chi connectivity index (χ2v) is 4.63. The molecule has 0 fully saturated rings. The summed E-state index contributed by atoms with van der Waals surface area (Å²) in [5.74, 6) is -2.80. The zero-order valence-electron chi connectivity index (χ0n) is 11.8. The fraction of sp³-hybridized carbons (Fsp3) is 0.214. The number of aromatic hydroxyl groups is 1. The van der Waals surface area contributed by atoms with Crippen LogP contribution in [-0.2, 0) is 12.7 Å². The maximum absolute atomic E-state index is 13.5. The van der Waals surface area contributed by atoms with E-state index in [0.717, 1.165) is 18.2 Å². The van der Waals surface area contributed by atoms with Crippen LogP contribution in [0.25, 0.3) is 0 Å². The highest BCUT2D eigenvalue weighted by atomic mass is 19.4. The second kappa shape index (κ2) is 6.19. The van der Waals surface area contributed by atoms with E-state index in [0.29, 0.717) is 0 Å². The molecule has 1 amide bonds. The van der Waals surface area contributed by atoms with Crippen LogP contribution in [0.15, 0.2) is 24.3 Å². The first-order chi connectivity index (χ1) is 10.7. The number of amides is 1. The predicted octanol–water partition coefficient (Wildman–Crippen LogP) is 2.58. The Kier molecular flexibility index (Phi) is 4.48. The van der Waals surface area contributed by atoms with Gasteiger partial charge >= 0.3 is 6.18 Å². The Balaban J connectivity index is 2.18. The molecule has 122 valence electrons. The summed E-state index contributed by atoms with van der Waals surface area (Å²) in [7, 11) is 0. The first-order valence-corrected chi connectivity index (χ1v) is 6.36. The van der Waals surface area contributed by atoms with Gasteiger partial charge in [-0.1, -0.05) is 6.07 Å². The van der Waals surface area contributed by atoms with E-state index in [4.69, 9.17) is 0 Å². The predicted molar refractivity (Wildman–Crippen MR) is 71.0 cm³/mol. The number of carbonyl (C=O) groups is 1. The number of nitrogens with zero attached hydrogens (tertiary/aromatic N) is 2. The van der Waals surface area contributed by atoms with E-state index >= 15 is 0 Å². The Morgan fingerprint density at radius 2 is 2.00 bits per heavy atom. The van der Waals surface area contributed by atoms with E-state index in [-0.39, 0.29) is 11.5 Å². The molecular weight excluding hydrogens is 318 g/mol. The number of benzene rings is 1. The minimum Gasteiger partial charge on any atom is -0.507 e. The fourth-order valence-electron chi connectivity index (χ4n) is 1.84. The number of nitrogens with one attached hydrogen (secondary N) is 1. The zero-order valence-corrected chi connectivity index (χ0v) is 11.8. The molecule has 5 nitrogen and oxygen atoms in total. The minimum absolute atomic E-state index is 0.0744. The van der Waals surface area contributed by atoms with E-state index in [1.54, 1.807) is 0 Å². The molecule has 9 heteroatoms. The maximum atomic E-state index is 13.5. The fourth-order valence-corrected chi connectivity index (χ4v) is 1.84. The summed E-state index contributed by atoms with van der Waals surface area (Å²) in [5, 5.41) is 11.6. The van der Waals surface area contributed by atoms with Gasteiger partial charge in [0.15, 0.2) is 0 Å². The Labute approximate surface area is 128 Å². The van der Waals surface area contributed by atoms with Gasteiger partial charge in [-0.3, -0.25) is 4.79 Å². The summed E-state index contributed by atoms with van der Waals surface area (Å²) in [6.45, 7) is 0.905. The highest BCUT2D eigenvalue weighted by molar-refractivity contribution is 5.96. The molecule has 0 aliphatic rings. The monoisotopic (exact) mass is 329 g/mol. The minimum atomic E-state index is -4.64. The van der Waals surface area contributed by atoms with Crippen molar-refractivity contribution in [2.45, 2.75) is 19.6 Å². The van der Waals surface area contributed by atoms with E-state index in [1.165, 1.54) is 13.0 Å². The highest BCUT2D eigenvalue weighted by Crippen LogP contribution is 2.27. The lowest BCUT2D eigenvalue weighted by molar-refractivity contribution is -0.141. The summed E-state index contributed by atoms with van der Waals surface area (Å²) in [4.78, 5) is 18.9. The van der Waals surface area contributed by atoms with Crippen molar-refractivity contribution < 1.29 is 27.5 Å². The molecule has 2 rings (SSSR count). The van der Waals surface area contributed by atoms with Crippen molar-refractivity contribution in [1.82, 2.24) is 15.3 Å². The van der Waals surface area contributed by atoms with Gasteiger partial charge in [0.1, 0.15) is 28.6 Å². The average Bonchev–Trinajstić information content (AvgIpc) is 2.43. The molecule has 0 radical (unpaired) electrons. The van der Waals surface area contributed by atoms with Crippen LogP contribution in [0.2, 0.25) is 0 Å². The highest BCUT2D eigenvalue weighted by Gasteiger charge is 2.33. The van der Waals surface area contributed by atoms with Gasteiger partial charge in [-0.15, -0.1) is 0 Å². The third kappa shape index (κ3) is 3.93. The average molecular weight is 329 g/mol. The van der Waals surface area contributed by atoms with Gasteiger partial charge in [-0.05, 0) is 25.1 Å². The summed E-state index contributed by atoms with van der Waals surface area (Å²) < 4.78 is 51.5. The third-order valence-corrected chi connectivity index (χ3v) is 2.82. The molecule has 2 aromatic rings. The van der Waals surface area contributed by atoms with E-state index in [2.05, 4.69) is 15.3 Å². The molecule has 0 unspecified atom stereocenters. The number of hydrogen-bond acceptors (Lipinski definition) is 4. The first kappa shape index (κ1) is 16.7. The van der Waals surface area contributed by atoms with E-state index < -0.39 is 41.5 Å². The first-order valence-electron chi connectivity index (χ1n) is 6.36. The summed E-state index contributed by atoms with van der Waals surface area (Å²) in [6, 6.07) is 4.07. The Hall–Kier alpha value is -2.71. The van der Waals surface area contributed by atoms with Crippen LogP contribution >= 0.6 is 0 Å². The van der Waals surface area contributed by atoms with Crippen LogP contribution in [0.1, 0.15) is 27.6 Å². The number of hydrogen-bond donors (Lipinski definition) is 2. The van der Waals surface area contributed by atoms with Crippen molar-refractivity contribution in [1.29, 1.82) is 0 Å². The number of aryl methyl sites for hydroxylation is 1.